The van der Waals surface area contributed by atoms with Gasteiger partial charge in [0, 0.05) is 13.2 Å². The van der Waals surface area contributed by atoms with Crippen molar-refractivity contribution >= 4 is 5.91 Å². The molecule has 3 heterocycles. The number of rotatable bonds is 2. The van der Waals surface area contributed by atoms with Gasteiger partial charge in [0.05, 0.1) is 25.1 Å². The number of amides is 1. The summed E-state index contributed by atoms with van der Waals surface area (Å²) in [5.74, 6) is 1.92. The smallest absolute Gasteiger partial charge is 0.228 e. The summed E-state index contributed by atoms with van der Waals surface area (Å²) < 4.78 is 7.66. The highest BCUT2D eigenvalue weighted by Crippen LogP contribution is 2.26. The first-order chi connectivity index (χ1) is 9.69. The van der Waals surface area contributed by atoms with Gasteiger partial charge in [-0.3, -0.25) is 4.79 Å². The zero-order chi connectivity index (χ0) is 14.1. The average Bonchev–Trinajstić information content (AvgIpc) is 2.85. The highest BCUT2D eigenvalue weighted by molar-refractivity contribution is 5.79. The quantitative estimate of drug-likeness (QED) is 0.814. The van der Waals surface area contributed by atoms with Crippen molar-refractivity contribution in [3.8, 4) is 0 Å². The molecular formula is C14H22N4O2. The predicted molar refractivity (Wildman–Crippen MR) is 72.9 cm³/mol. The highest BCUT2D eigenvalue weighted by Gasteiger charge is 2.35. The van der Waals surface area contributed by atoms with E-state index in [9.17, 15) is 4.79 Å². The molecule has 6 nitrogen and oxygen atoms in total. The van der Waals surface area contributed by atoms with Crippen LogP contribution in [0.5, 0.6) is 0 Å². The first-order valence-corrected chi connectivity index (χ1v) is 7.49. The molecule has 20 heavy (non-hydrogen) atoms. The van der Waals surface area contributed by atoms with Crippen LogP contribution in [0.25, 0.3) is 0 Å². The normalized spacial score (nSPS) is 26.4. The van der Waals surface area contributed by atoms with E-state index in [4.69, 9.17) is 4.74 Å². The van der Waals surface area contributed by atoms with Crippen molar-refractivity contribution < 1.29 is 9.53 Å². The molecule has 6 heteroatoms. The molecule has 110 valence electrons. The van der Waals surface area contributed by atoms with Crippen molar-refractivity contribution in [3.05, 3.63) is 11.6 Å². The summed E-state index contributed by atoms with van der Waals surface area (Å²) in [5.41, 5.74) is 0. The topological polar surface area (TPSA) is 60.2 Å². The molecule has 0 N–H and O–H groups in total. The lowest BCUT2D eigenvalue weighted by atomic mass is 9.91. The lowest BCUT2D eigenvalue weighted by Gasteiger charge is -2.35. The van der Waals surface area contributed by atoms with E-state index in [1.807, 2.05) is 16.5 Å². The van der Waals surface area contributed by atoms with E-state index in [0.717, 1.165) is 50.6 Å². The second-order valence-corrected chi connectivity index (χ2v) is 5.62. The molecule has 0 aliphatic carbocycles. The molecule has 1 aromatic heterocycles. The number of nitrogens with zero attached hydrogens (tertiary/aromatic N) is 4. The molecule has 0 aromatic carbocycles. The fourth-order valence-electron chi connectivity index (χ4n) is 3.21. The van der Waals surface area contributed by atoms with Gasteiger partial charge in [-0.2, -0.15) is 5.10 Å². The zero-order valence-electron chi connectivity index (χ0n) is 12.2. The Hall–Kier alpha value is -1.43. The van der Waals surface area contributed by atoms with Crippen LogP contribution in [0.15, 0.2) is 0 Å². The van der Waals surface area contributed by atoms with Crippen molar-refractivity contribution in [2.75, 3.05) is 13.2 Å². The summed E-state index contributed by atoms with van der Waals surface area (Å²) in [6.07, 6.45) is 2.91. The van der Waals surface area contributed by atoms with Gasteiger partial charge in [0.1, 0.15) is 11.6 Å². The van der Waals surface area contributed by atoms with Crippen LogP contribution >= 0.6 is 0 Å². The minimum absolute atomic E-state index is 0.0179. The van der Waals surface area contributed by atoms with E-state index in [1.165, 1.54) is 0 Å². The number of aryl methyl sites for hydroxylation is 1. The molecule has 0 radical (unpaired) electrons. The molecule has 1 saturated heterocycles. The summed E-state index contributed by atoms with van der Waals surface area (Å²) in [4.78, 5) is 19.0. The van der Waals surface area contributed by atoms with Crippen molar-refractivity contribution in [2.24, 2.45) is 5.92 Å². The van der Waals surface area contributed by atoms with Crippen molar-refractivity contribution in [3.63, 3.8) is 0 Å². The minimum atomic E-state index is 0.0179. The number of hydrogen-bond donors (Lipinski definition) is 0. The average molecular weight is 278 g/mol. The number of ether oxygens (including phenoxy) is 1. The van der Waals surface area contributed by atoms with Crippen LogP contribution in [-0.2, 0) is 22.6 Å². The molecule has 1 aromatic rings. The van der Waals surface area contributed by atoms with Gasteiger partial charge >= 0.3 is 0 Å². The van der Waals surface area contributed by atoms with Gasteiger partial charge in [-0.05, 0) is 26.2 Å². The molecule has 1 fully saturated rings. The number of carbonyl (C=O) groups is 1. The van der Waals surface area contributed by atoms with Gasteiger partial charge in [-0.15, -0.1) is 0 Å². The maximum atomic E-state index is 12.7. The van der Waals surface area contributed by atoms with E-state index in [2.05, 4.69) is 17.0 Å². The summed E-state index contributed by atoms with van der Waals surface area (Å²) in [6.45, 7) is 6.81. The summed E-state index contributed by atoms with van der Waals surface area (Å²) >= 11 is 0. The Morgan fingerprint density at radius 3 is 3.10 bits per heavy atom. The van der Waals surface area contributed by atoms with Crippen molar-refractivity contribution in [2.45, 2.75) is 52.3 Å². The van der Waals surface area contributed by atoms with Crippen LogP contribution in [0.1, 0.15) is 37.8 Å². The van der Waals surface area contributed by atoms with E-state index >= 15 is 0 Å². The molecule has 0 unspecified atom stereocenters. The second-order valence-electron chi connectivity index (χ2n) is 5.62. The van der Waals surface area contributed by atoms with Crippen LogP contribution in [0.2, 0.25) is 0 Å². The summed E-state index contributed by atoms with van der Waals surface area (Å²) in [7, 11) is 0. The van der Waals surface area contributed by atoms with Crippen LogP contribution in [0.3, 0.4) is 0 Å². The van der Waals surface area contributed by atoms with Gasteiger partial charge < -0.3 is 9.64 Å². The van der Waals surface area contributed by atoms with Gasteiger partial charge in [0.15, 0.2) is 0 Å². The Kier molecular flexibility index (Phi) is 3.74. The maximum absolute atomic E-state index is 12.7. The second kappa shape index (κ2) is 5.52. The Morgan fingerprint density at radius 2 is 2.30 bits per heavy atom. The van der Waals surface area contributed by atoms with Gasteiger partial charge in [0.2, 0.25) is 5.91 Å². The first kappa shape index (κ1) is 13.5. The largest absolute Gasteiger partial charge is 0.377 e. The highest BCUT2D eigenvalue weighted by atomic mass is 16.5. The van der Waals surface area contributed by atoms with Gasteiger partial charge in [0.25, 0.3) is 0 Å². The molecule has 0 spiro atoms. The van der Waals surface area contributed by atoms with Crippen LogP contribution in [0, 0.1) is 12.8 Å². The van der Waals surface area contributed by atoms with Crippen molar-refractivity contribution in [1.82, 2.24) is 19.7 Å². The predicted octanol–water partition coefficient (Wildman–Crippen LogP) is 1.13. The molecule has 2 atom stereocenters. The van der Waals surface area contributed by atoms with E-state index < -0.39 is 0 Å². The third kappa shape index (κ3) is 2.44. The standard InChI is InChI=1S/C14H22N4O2/c1-3-12-11(5-4-8-20-12)14(19)17-6-7-18-13(9-17)15-10(2)16-18/h11-12H,3-9H2,1-2H3/t11-,12-/m0/s1. The molecule has 2 aliphatic heterocycles. The third-order valence-corrected chi connectivity index (χ3v) is 4.24. The van der Waals surface area contributed by atoms with Crippen LogP contribution in [0.4, 0.5) is 0 Å². The maximum Gasteiger partial charge on any atom is 0.228 e. The Labute approximate surface area is 119 Å². The number of hydrogen-bond acceptors (Lipinski definition) is 4. The lowest BCUT2D eigenvalue weighted by molar-refractivity contribution is -0.146. The number of carbonyl (C=O) groups excluding carboxylic acids is 1. The molecule has 0 saturated carbocycles. The van der Waals surface area contributed by atoms with E-state index in [1.54, 1.807) is 0 Å². The van der Waals surface area contributed by atoms with Crippen LogP contribution in [-0.4, -0.2) is 44.8 Å². The molecule has 1 amide bonds. The fraction of sp³-hybridized carbons (Fsp3) is 0.786. The molecule has 0 bridgehead atoms. The Balaban J connectivity index is 1.71. The van der Waals surface area contributed by atoms with Gasteiger partial charge in [-0.25, -0.2) is 9.67 Å². The summed E-state index contributed by atoms with van der Waals surface area (Å²) in [6, 6.07) is 0. The summed E-state index contributed by atoms with van der Waals surface area (Å²) in [5, 5.41) is 4.33. The third-order valence-electron chi connectivity index (χ3n) is 4.24. The van der Waals surface area contributed by atoms with Crippen molar-refractivity contribution in [1.29, 1.82) is 0 Å². The van der Waals surface area contributed by atoms with E-state index in [-0.39, 0.29) is 17.9 Å². The van der Waals surface area contributed by atoms with Gasteiger partial charge in [-0.1, -0.05) is 6.92 Å². The minimum Gasteiger partial charge on any atom is -0.377 e. The molecular weight excluding hydrogens is 256 g/mol. The fourth-order valence-corrected chi connectivity index (χ4v) is 3.21. The monoisotopic (exact) mass is 278 g/mol. The molecule has 3 rings (SSSR count). The number of aromatic nitrogens is 3. The lowest BCUT2D eigenvalue weighted by Crippen LogP contribution is -2.46. The first-order valence-electron chi connectivity index (χ1n) is 7.49. The number of fused-ring (bicyclic) bond motifs is 1. The Morgan fingerprint density at radius 1 is 1.45 bits per heavy atom. The SMILES string of the molecule is CC[C@@H]1OCCC[C@@H]1C(=O)N1CCn2nc(C)nc2C1. The van der Waals surface area contributed by atoms with Crippen LogP contribution < -0.4 is 0 Å². The van der Waals surface area contributed by atoms with E-state index in [0.29, 0.717) is 6.54 Å². The Bertz CT molecular complexity index is 499. The zero-order valence-corrected chi connectivity index (χ0v) is 12.2. The molecule has 2 aliphatic rings.